The van der Waals surface area contributed by atoms with Crippen molar-refractivity contribution in [2.24, 2.45) is 0 Å². The number of halogens is 1. The number of methoxy groups -OCH3 is 1. The number of nitrogens with zero attached hydrogens (tertiary/aromatic N) is 3. The number of amides is 1. The summed E-state index contributed by atoms with van der Waals surface area (Å²) in [5.74, 6) is 0.728. The van der Waals surface area contributed by atoms with Crippen molar-refractivity contribution in [2.45, 2.75) is 13.0 Å². The molecule has 4 aromatic rings. The van der Waals surface area contributed by atoms with Crippen LogP contribution in [-0.2, 0) is 4.79 Å². The Balaban J connectivity index is 1.62. The molecule has 0 aliphatic carbocycles. The highest BCUT2D eigenvalue weighted by molar-refractivity contribution is 6.06. The van der Waals surface area contributed by atoms with E-state index < -0.39 is 11.9 Å². The number of benzene rings is 3. The average Bonchev–Trinajstić information content (AvgIpc) is 3.28. The Kier molecular flexibility index (Phi) is 5.55. The Hall–Kier alpha value is -4.46. The van der Waals surface area contributed by atoms with Crippen molar-refractivity contribution in [2.75, 3.05) is 17.7 Å². The molecule has 1 aliphatic rings. The van der Waals surface area contributed by atoms with Crippen LogP contribution in [0, 0.1) is 5.82 Å². The summed E-state index contributed by atoms with van der Waals surface area (Å²) in [6.45, 7) is 1.77. The van der Waals surface area contributed by atoms with Gasteiger partial charge in [0, 0.05) is 22.5 Å². The maximum absolute atomic E-state index is 15.0. The second kappa shape index (κ2) is 8.82. The minimum atomic E-state index is -0.812. The average molecular weight is 455 g/mol. The van der Waals surface area contributed by atoms with Crippen LogP contribution in [0.2, 0.25) is 0 Å². The van der Waals surface area contributed by atoms with Gasteiger partial charge in [-0.2, -0.15) is 4.98 Å². The number of hydrogen-bond acceptors (Lipinski definition) is 5. The van der Waals surface area contributed by atoms with Gasteiger partial charge in [-0.15, -0.1) is 5.10 Å². The lowest BCUT2D eigenvalue weighted by molar-refractivity contribution is -0.113. The zero-order chi connectivity index (χ0) is 23.7. The van der Waals surface area contributed by atoms with Crippen LogP contribution in [0.3, 0.4) is 0 Å². The summed E-state index contributed by atoms with van der Waals surface area (Å²) >= 11 is 0. The molecule has 0 saturated heterocycles. The maximum Gasteiger partial charge on any atom is 0.255 e. The van der Waals surface area contributed by atoms with E-state index in [1.165, 1.54) is 6.07 Å². The molecule has 1 aliphatic heterocycles. The van der Waals surface area contributed by atoms with Crippen LogP contribution in [0.4, 0.5) is 16.0 Å². The third-order valence-corrected chi connectivity index (χ3v) is 5.66. The Morgan fingerprint density at radius 3 is 2.59 bits per heavy atom. The molecule has 2 N–H and O–H groups in total. The van der Waals surface area contributed by atoms with Crippen molar-refractivity contribution in [3.05, 3.63) is 102 Å². The molecule has 1 amide bonds. The molecule has 1 aromatic heterocycles. The SMILES string of the molecule is COc1cccc(-c2nc3n(n2)C(c2ccccc2F)C(C(=O)Nc2ccccc2)=C(C)N3)c1. The first-order valence-electron chi connectivity index (χ1n) is 10.7. The molecule has 0 radical (unpaired) electrons. The molecule has 0 fully saturated rings. The molecular formula is C26H22FN5O2. The summed E-state index contributed by atoms with van der Waals surface area (Å²) in [6, 6.07) is 22.1. The number of anilines is 2. The van der Waals surface area contributed by atoms with Gasteiger partial charge < -0.3 is 15.4 Å². The van der Waals surface area contributed by atoms with Gasteiger partial charge in [0.1, 0.15) is 17.6 Å². The molecule has 0 spiro atoms. The van der Waals surface area contributed by atoms with E-state index in [2.05, 4.69) is 20.7 Å². The van der Waals surface area contributed by atoms with Gasteiger partial charge >= 0.3 is 0 Å². The zero-order valence-corrected chi connectivity index (χ0v) is 18.6. The first-order valence-corrected chi connectivity index (χ1v) is 10.7. The molecule has 1 atom stereocenters. The maximum atomic E-state index is 15.0. The number of nitrogens with one attached hydrogen (secondary N) is 2. The van der Waals surface area contributed by atoms with Gasteiger partial charge in [-0.05, 0) is 37.3 Å². The second-order valence-corrected chi connectivity index (χ2v) is 7.84. The van der Waals surface area contributed by atoms with Crippen molar-refractivity contribution in [3.8, 4) is 17.1 Å². The lowest BCUT2D eigenvalue weighted by Crippen LogP contribution is -2.32. The number of aromatic nitrogens is 3. The summed E-state index contributed by atoms with van der Waals surface area (Å²) in [4.78, 5) is 18.1. The van der Waals surface area contributed by atoms with E-state index in [0.29, 0.717) is 40.0 Å². The van der Waals surface area contributed by atoms with Crippen molar-refractivity contribution < 1.29 is 13.9 Å². The molecule has 7 nitrogen and oxygen atoms in total. The third kappa shape index (κ3) is 3.90. The first-order chi connectivity index (χ1) is 16.5. The van der Waals surface area contributed by atoms with E-state index in [4.69, 9.17) is 4.74 Å². The minimum Gasteiger partial charge on any atom is -0.497 e. The van der Waals surface area contributed by atoms with E-state index >= 15 is 4.39 Å². The predicted octanol–water partition coefficient (Wildman–Crippen LogP) is 5.02. The summed E-state index contributed by atoms with van der Waals surface area (Å²) < 4.78 is 21.9. The minimum absolute atomic E-state index is 0.324. The van der Waals surface area contributed by atoms with Gasteiger partial charge in [0.05, 0.1) is 12.7 Å². The van der Waals surface area contributed by atoms with Crippen molar-refractivity contribution >= 4 is 17.5 Å². The lowest BCUT2D eigenvalue weighted by atomic mass is 9.94. The highest BCUT2D eigenvalue weighted by atomic mass is 19.1. The van der Waals surface area contributed by atoms with E-state index in [1.54, 1.807) is 49.0 Å². The van der Waals surface area contributed by atoms with E-state index in [9.17, 15) is 4.79 Å². The quantitative estimate of drug-likeness (QED) is 0.442. The van der Waals surface area contributed by atoms with E-state index in [-0.39, 0.29) is 5.91 Å². The molecule has 8 heteroatoms. The van der Waals surface area contributed by atoms with Gasteiger partial charge in [-0.25, -0.2) is 9.07 Å². The fourth-order valence-electron chi connectivity index (χ4n) is 4.03. The van der Waals surface area contributed by atoms with Crippen LogP contribution in [0.15, 0.2) is 90.1 Å². The van der Waals surface area contributed by atoms with Crippen molar-refractivity contribution in [1.29, 1.82) is 0 Å². The zero-order valence-electron chi connectivity index (χ0n) is 18.6. The van der Waals surface area contributed by atoms with Crippen molar-refractivity contribution in [3.63, 3.8) is 0 Å². The van der Waals surface area contributed by atoms with Gasteiger partial charge in [-0.3, -0.25) is 4.79 Å². The van der Waals surface area contributed by atoms with E-state index in [0.717, 1.165) is 5.56 Å². The number of allylic oxidation sites excluding steroid dienone is 1. The topological polar surface area (TPSA) is 81.1 Å². The fraction of sp³-hybridized carbons (Fsp3) is 0.115. The van der Waals surface area contributed by atoms with Gasteiger partial charge in [0.2, 0.25) is 5.95 Å². The Morgan fingerprint density at radius 1 is 1.06 bits per heavy atom. The number of carbonyl (C=O) groups is 1. The van der Waals surface area contributed by atoms with E-state index in [1.807, 2.05) is 42.5 Å². The molecule has 1 unspecified atom stereocenters. The number of para-hydroxylation sites is 1. The molecule has 34 heavy (non-hydrogen) atoms. The summed E-state index contributed by atoms with van der Waals surface area (Å²) in [7, 11) is 1.59. The van der Waals surface area contributed by atoms with Crippen LogP contribution in [0.5, 0.6) is 5.75 Å². The highest BCUT2D eigenvalue weighted by Gasteiger charge is 2.35. The summed E-state index contributed by atoms with van der Waals surface area (Å²) in [5, 5.41) is 10.8. The Bertz CT molecular complexity index is 1400. The lowest BCUT2D eigenvalue weighted by Gasteiger charge is -2.28. The van der Waals surface area contributed by atoms with Crippen LogP contribution in [0.25, 0.3) is 11.4 Å². The normalized spacial score (nSPS) is 14.9. The standard InChI is InChI=1S/C26H22FN5O2/c1-16-22(25(33)29-18-10-4-3-5-11-18)23(20-13-6-7-14-21(20)27)32-26(28-16)30-24(31-32)17-9-8-12-19(15-17)34-2/h3-15,23H,1-2H3,(H,29,33)(H,28,30,31). The van der Waals surface area contributed by atoms with Crippen LogP contribution >= 0.6 is 0 Å². The largest absolute Gasteiger partial charge is 0.497 e. The number of ether oxygens (including phenoxy) is 1. The molecule has 2 heterocycles. The number of carbonyl (C=O) groups excluding carboxylic acids is 1. The Labute approximate surface area is 195 Å². The number of rotatable bonds is 5. The summed E-state index contributed by atoms with van der Waals surface area (Å²) in [6.07, 6.45) is 0. The van der Waals surface area contributed by atoms with Crippen molar-refractivity contribution in [1.82, 2.24) is 14.8 Å². The number of fused-ring (bicyclic) bond motifs is 1. The van der Waals surface area contributed by atoms with Crippen LogP contribution < -0.4 is 15.4 Å². The molecule has 170 valence electrons. The van der Waals surface area contributed by atoms with Gasteiger partial charge in [0.25, 0.3) is 5.91 Å². The highest BCUT2D eigenvalue weighted by Crippen LogP contribution is 2.38. The predicted molar refractivity (Wildman–Crippen MR) is 128 cm³/mol. The fourth-order valence-corrected chi connectivity index (χ4v) is 4.03. The van der Waals surface area contributed by atoms with Crippen LogP contribution in [-0.4, -0.2) is 27.8 Å². The molecule has 3 aromatic carbocycles. The van der Waals surface area contributed by atoms with Gasteiger partial charge in [0.15, 0.2) is 5.82 Å². The van der Waals surface area contributed by atoms with Gasteiger partial charge in [-0.1, -0.05) is 48.5 Å². The Morgan fingerprint density at radius 2 is 1.82 bits per heavy atom. The molecule has 0 saturated carbocycles. The second-order valence-electron chi connectivity index (χ2n) is 7.84. The smallest absolute Gasteiger partial charge is 0.255 e. The summed E-state index contributed by atoms with van der Waals surface area (Å²) in [5.41, 5.74) is 2.62. The molecule has 0 bridgehead atoms. The third-order valence-electron chi connectivity index (χ3n) is 5.66. The molecular weight excluding hydrogens is 433 g/mol. The monoisotopic (exact) mass is 455 g/mol. The van der Waals surface area contributed by atoms with Crippen LogP contribution in [0.1, 0.15) is 18.5 Å². The molecule has 5 rings (SSSR count). The number of hydrogen-bond donors (Lipinski definition) is 2. The first kappa shape index (κ1) is 21.4.